The fourth-order valence-corrected chi connectivity index (χ4v) is 3.93. The zero-order chi connectivity index (χ0) is 22.0. The van der Waals surface area contributed by atoms with Crippen LogP contribution in [0.1, 0.15) is 11.4 Å². The van der Waals surface area contributed by atoms with Gasteiger partial charge in [-0.2, -0.15) is 5.11 Å². The molecule has 0 amide bonds. The number of anilines is 1. The van der Waals surface area contributed by atoms with Crippen molar-refractivity contribution in [2.75, 3.05) is 4.72 Å². The molecule has 0 aliphatic rings. The average Bonchev–Trinajstić information content (AvgIpc) is 2.73. The second-order valence-electron chi connectivity index (χ2n) is 6.78. The van der Waals surface area contributed by atoms with Crippen LogP contribution in [0, 0.1) is 13.8 Å². The topological polar surface area (TPSA) is 130 Å². The van der Waals surface area contributed by atoms with Crippen molar-refractivity contribution in [1.29, 1.82) is 0 Å². The molecule has 2 aromatic carbocycles. The Hall–Kier alpha value is -3.92. The number of phenols is 1. The summed E-state index contributed by atoms with van der Waals surface area (Å²) in [4.78, 5) is 12.4. The number of aromatic nitrogens is 3. The molecule has 0 atom stereocenters. The number of phenolic OH excluding ortho intramolecular Hbond substituents is 1. The molecule has 0 bridgehead atoms. The van der Waals surface area contributed by atoms with E-state index in [-0.39, 0.29) is 16.6 Å². The molecule has 4 rings (SSSR count). The second kappa shape index (κ2) is 8.07. The van der Waals surface area contributed by atoms with E-state index in [1.807, 2.05) is 0 Å². The van der Waals surface area contributed by atoms with Gasteiger partial charge in [0.25, 0.3) is 10.0 Å². The van der Waals surface area contributed by atoms with Crippen molar-refractivity contribution >= 4 is 38.2 Å². The van der Waals surface area contributed by atoms with Crippen LogP contribution in [0.4, 0.5) is 17.3 Å². The number of hydrogen-bond donors (Lipinski definition) is 2. The lowest BCUT2D eigenvalue weighted by Crippen LogP contribution is -2.15. The van der Waals surface area contributed by atoms with Crippen LogP contribution in [0.2, 0.25) is 0 Å². The van der Waals surface area contributed by atoms with Gasteiger partial charge in [0.15, 0.2) is 0 Å². The Morgan fingerprint density at radius 2 is 1.65 bits per heavy atom. The highest BCUT2D eigenvalue weighted by Crippen LogP contribution is 2.32. The third-order valence-corrected chi connectivity index (χ3v) is 5.70. The Morgan fingerprint density at radius 3 is 2.35 bits per heavy atom. The predicted molar refractivity (Wildman–Crippen MR) is 116 cm³/mol. The highest BCUT2D eigenvalue weighted by molar-refractivity contribution is 7.92. The Balaban J connectivity index is 1.56. The summed E-state index contributed by atoms with van der Waals surface area (Å²) in [6, 6.07) is 14.4. The molecule has 9 nitrogen and oxygen atoms in total. The molecular formula is C21H18N6O3S. The minimum Gasteiger partial charge on any atom is -0.506 e. The van der Waals surface area contributed by atoms with E-state index in [0.717, 1.165) is 0 Å². The molecule has 2 heterocycles. The number of pyridine rings is 1. The third-order valence-electron chi connectivity index (χ3n) is 4.35. The standard InChI is InChI=1S/C21H18N6O3S/c1-13-12-14(2)24-21(23-13)27-31(29,30)16-7-5-15(6-8-16)25-26-18-9-10-19(28)20-17(18)4-3-11-22-20/h3-12,28H,1-2H3,(H,23,24,27). The molecule has 0 radical (unpaired) electrons. The average molecular weight is 434 g/mol. The fourth-order valence-electron chi connectivity index (χ4n) is 2.98. The van der Waals surface area contributed by atoms with E-state index < -0.39 is 10.0 Å². The molecule has 31 heavy (non-hydrogen) atoms. The van der Waals surface area contributed by atoms with Crippen LogP contribution in [0.25, 0.3) is 10.9 Å². The third kappa shape index (κ3) is 4.48. The van der Waals surface area contributed by atoms with Crippen molar-refractivity contribution in [3.63, 3.8) is 0 Å². The molecule has 0 saturated carbocycles. The predicted octanol–water partition coefficient (Wildman–Crippen LogP) is 4.56. The number of fused-ring (bicyclic) bond motifs is 1. The van der Waals surface area contributed by atoms with Gasteiger partial charge >= 0.3 is 0 Å². The molecule has 0 saturated heterocycles. The van der Waals surface area contributed by atoms with Gasteiger partial charge in [-0.1, -0.05) is 0 Å². The lowest BCUT2D eigenvalue weighted by atomic mass is 10.2. The molecule has 2 N–H and O–H groups in total. The summed E-state index contributed by atoms with van der Waals surface area (Å²) >= 11 is 0. The smallest absolute Gasteiger partial charge is 0.264 e. The summed E-state index contributed by atoms with van der Waals surface area (Å²) in [6.07, 6.45) is 1.58. The molecule has 2 aromatic heterocycles. The highest BCUT2D eigenvalue weighted by atomic mass is 32.2. The van der Waals surface area contributed by atoms with Crippen molar-refractivity contribution in [1.82, 2.24) is 15.0 Å². The number of aryl methyl sites for hydroxylation is 2. The number of nitrogens with zero attached hydrogens (tertiary/aromatic N) is 5. The first-order valence-corrected chi connectivity index (χ1v) is 10.7. The van der Waals surface area contributed by atoms with Crippen LogP contribution in [-0.4, -0.2) is 28.5 Å². The van der Waals surface area contributed by atoms with E-state index in [1.54, 1.807) is 56.4 Å². The first-order valence-electron chi connectivity index (χ1n) is 9.25. The van der Waals surface area contributed by atoms with Gasteiger partial charge in [0.05, 0.1) is 16.3 Å². The van der Waals surface area contributed by atoms with Gasteiger partial charge in [-0.25, -0.2) is 23.1 Å². The molecule has 0 aliphatic heterocycles. The fraction of sp³-hybridized carbons (Fsp3) is 0.0952. The van der Waals surface area contributed by atoms with Crippen LogP contribution in [0.3, 0.4) is 0 Å². The minimum absolute atomic E-state index is 0.0223. The van der Waals surface area contributed by atoms with Crippen LogP contribution >= 0.6 is 0 Å². The molecule has 0 aliphatic carbocycles. The van der Waals surface area contributed by atoms with Gasteiger partial charge in [0, 0.05) is 23.0 Å². The van der Waals surface area contributed by atoms with Crippen LogP contribution in [-0.2, 0) is 10.0 Å². The Morgan fingerprint density at radius 1 is 0.935 bits per heavy atom. The van der Waals surface area contributed by atoms with E-state index in [9.17, 15) is 13.5 Å². The summed E-state index contributed by atoms with van der Waals surface area (Å²) in [5.74, 6) is 0.0819. The molecule has 0 unspecified atom stereocenters. The maximum absolute atomic E-state index is 12.6. The lowest BCUT2D eigenvalue weighted by Gasteiger charge is -2.08. The summed E-state index contributed by atoms with van der Waals surface area (Å²) in [5.41, 5.74) is 2.76. The van der Waals surface area contributed by atoms with Gasteiger partial charge in [-0.05, 0) is 68.4 Å². The zero-order valence-corrected chi connectivity index (χ0v) is 17.5. The maximum atomic E-state index is 12.6. The van der Waals surface area contributed by atoms with Crippen molar-refractivity contribution in [3.05, 3.63) is 72.2 Å². The van der Waals surface area contributed by atoms with Crippen molar-refractivity contribution in [2.45, 2.75) is 18.7 Å². The number of nitrogens with one attached hydrogen (secondary N) is 1. The van der Waals surface area contributed by atoms with E-state index >= 15 is 0 Å². The van der Waals surface area contributed by atoms with E-state index in [0.29, 0.717) is 33.7 Å². The van der Waals surface area contributed by atoms with Gasteiger partial charge in [-0.15, -0.1) is 5.11 Å². The molecule has 4 aromatic rings. The number of aromatic hydroxyl groups is 1. The number of sulfonamides is 1. The largest absolute Gasteiger partial charge is 0.506 e. The van der Waals surface area contributed by atoms with Gasteiger partial charge in [0.2, 0.25) is 5.95 Å². The highest BCUT2D eigenvalue weighted by Gasteiger charge is 2.16. The zero-order valence-electron chi connectivity index (χ0n) is 16.7. The lowest BCUT2D eigenvalue weighted by molar-refractivity contribution is 0.480. The summed E-state index contributed by atoms with van der Waals surface area (Å²) < 4.78 is 27.6. The molecule has 0 spiro atoms. The first-order chi connectivity index (χ1) is 14.8. The Labute approximate surface area is 178 Å². The molecular weight excluding hydrogens is 416 g/mol. The number of hydrogen-bond acceptors (Lipinski definition) is 8. The van der Waals surface area contributed by atoms with Crippen LogP contribution in [0.5, 0.6) is 5.75 Å². The number of benzene rings is 2. The molecule has 10 heteroatoms. The summed E-state index contributed by atoms with van der Waals surface area (Å²) in [5, 5.41) is 18.9. The van der Waals surface area contributed by atoms with Gasteiger partial charge in [-0.3, -0.25) is 4.98 Å². The van der Waals surface area contributed by atoms with Crippen molar-refractivity contribution in [3.8, 4) is 5.75 Å². The molecule has 156 valence electrons. The van der Waals surface area contributed by atoms with E-state index in [1.165, 1.54) is 18.2 Å². The maximum Gasteiger partial charge on any atom is 0.264 e. The van der Waals surface area contributed by atoms with Gasteiger partial charge in [0.1, 0.15) is 11.3 Å². The SMILES string of the molecule is Cc1cc(C)nc(NS(=O)(=O)c2ccc(N=Nc3ccc(O)c4ncccc34)cc2)n1. The van der Waals surface area contributed by atoms with Crippen molar-refractivity contribution < 1.29 is 13.5 Å². The quantitative estimate of drug-likeness (QED) is 0.443. The Kier molecular flexibility index (Phi) is 5.30. The summed E-state index contributed by atoms with van der Waals surface area (Å²) in [6.45, 7) is 3.53. The number of azo groups is 1. The van der Waals surface area contributed by atoms with Crippen LogP contribution < -0.4 is 4.72 Å². The second-order valence-corrected chi connectivity index (χ2v) is 8.46. The summed E-state index contributed by atoms with van der Waals surface area (Å²) in [7, 11) is -3.85. The van der Waals surface area contributed by atoms with E-state index in [4.69, 9.17) is 0 Å². The van der Waals surface area contributed by atoms with Gasteiger partial charge < -0.3 is 5.11 Å². The minimum atomic E-state index is -3.85. The first kappa shape index (κ1) is 20.4. The van der Waals surface area contributed by atoms with Crippen molar-refractivity contribution in [2.24, 2.45) is 10.2 Å². The van der Waals surface area contributed by atoms with E-state index in [2.05, 4.69) is 29.9 Å². The molecule has 0 fully saturated rings. The normalized spacial score (nSPS) is 11.8. The number of rotatable bonds is 5. The monoisotopic (exact) mass is 434 g/mol. The Bertz CT molecular complexity index is 1380. The van der Waals surface area contributed by atoms with Crippen LogP contribution in [0.15, 0.2) is 75.9 Å².